The molecule has 2 saturated heterocycles. The molecule has 6 heterocycles. The fraction of sp³-hybridized carbons (Fsp3) is 0.481. The normalized spacial score (nSPS) is 17.0. The first-order chi connectivity index (χ1) is 32.8. The van der Waals surface area contributed by atoms with Crippen LogP contribution in [0.15, 0.2) is 59.5 Å². The molecule has 0 bridgehead atoms. The molecule has 3 amide bonds. The number of nitrogens with zero attached hydrogens (tertiary/aromatic N) is 8. The number of ether oxygens (including phenoxy) is 2. The van der Waals surface area contributed by atoms with Crippen LogP contribution in [0.3, 0.4) is 0 Å². The molecule has 0 radical (unpaired) electrons. The summed E-state index contributed by atoms with van der Waals surface area (Å²) in [5.74, 6) is 5.87. The smallest absolute Gasteiger partial charge is 0.419 e. The van der Waals surface area contributed by atoms with Gasteiger partial charge in [0.15, 0.2) is 0 Å². The summed E-state index contributed by atoms with van der Waals surface area (Å²) in [6.45, 7) is 16.2. The molecule has 0 spiro atoms. The Labute approximate surface area is 403 Å². The Bertz CT molecular complexity index is 3080. The van der Waals surface area contributed by atoms with E-state index in [0.717, 1.165) is 77.3 Å². The molecular formula is C52H65N9O7Si. The Morgan fingerprint density at radius 3 is 2.48 bits per heavy atom. The molecule has 2 aromatic carbocycles. The second kappa shape index (κ2) is 19.9. The molecule has 6 aromatic rings. The fourth-order valence-corrected chi connectivity index (χ4v) is 10.2. The summed E-state index contributed by atoms with van der Waals surface area (Å²) in [5, 5.41) is 9.52. The summed E-state index contributed by atoms with van der Waals surface area (Å²) in [7, 11) is 2.40. The van der Waals surface area contributed by atoms with E-state index in [1.807, 2.05) is 68.8 Å². The number of nitrogens with one attached hydrogen (secondary N) is 1. The molecule has 2 aliphatic rings. The van der Waals surface area contributed by atoms with Gasteiger partial charge in [0, 0.05) is 75.4 Å². The number of hydrogen-bond acceptors (Lipinski definition) is 10. The maximum absolute atomic E-state index is 13.8. The quantitative estimate of drug-likeness (QED) is 0.0483. The number of hydrogen-bond donors (Lipinski definition) is 1. The third-order valence-electron chi connectivity index (χ3n) is 13.1. The van der Waals surface area contributed by atoms with Crippen LogP contribution in [0.1, 0.15) is 112 Å². The van der Waals surface area contributed by atoms with Crippen molar-refractivity contribution in [3.8, 4) is 11.8 Å². The summed E-state index contributed by atoms with van der Waals surface area (Å²) in [4.78, 5) is 75.6. The van der Waals surface area contributed by atoms with Crippen molar-refractivity contribution in [3.63, 3.8) is 0 Å². The number of carbonyl (C=O) groups excluding carboxylic acids is 4. The molecular weight excluding hydrogens is 891 g/mol. The van der Waals surface area contributed by atoms with Crippen LogP contribution in [0, 0.1) is 18.8 Å². The van der Waals surface area contributed by atoms with Gasteiger partial charge in [-0.15, -0.1) is 0 Å². The number of para-hydroxylation sites is 1. The Morgan fingerprint density at radius 2 is 1.74 bits per heavy atom. The van der Waals surface area contributed by atoms with Gasteiger partial charge in [-0.1, -0.05) is 50.0 Å². The zero-order valence-electron chi connectivity index (χ0n) is 41.5. The first-order valence-corrected chi connectivity index (χ1v) is 27.8. The Balaban J connectivity index is 0.901. The molecule has 1 N–H and O–H groups in total. The van der Waals surface area contributed by atoms with Gasteiger partial charge < -0.3 is 14.8 Å². The number of anilines is 1. The highest BCUT2D eigenvalue weighted by molar-refractivity contribution is 6.76. The number of pyridine rings is 1. The van der Waals surface area contributed by atoms with Gasteiger partial charge in [-0.2, -0.15) is 5.10 Å². The molecule has 364 valence electrons. The summed E-state index contributed by atoms with van der Waals surface area (Å²) in [6.07, 6.45) is 6.81. The van der Waals surface area contributed by atoms with Crippen molar-refractivity contribution in [2.75, 3.05) is 32.2 Å². The summed E-state index contributed by atoms with van der Waals surface area (Å²) in [5.41, 5.74) is 4.59. The van der Waals surface area contributed by atoms with Gasteiger partial charge in [-0.25, -0.2) is 19.1 Å². The van der Waals surface area contributed by atoms with Crippen molar-refractivity contribution in [2.24, 2.45) is 7.05 Å². The lowest BCUT2D eigenvalue weighted by molar-refractivity contribution is -0.157. The third kappa shape index (κ3) is 10.6. The molecule has 8 rings (SSSR count). The van der Waals surface area contributed by atoms with Gasteiger partial charge in [-0.05, 0) is 110 Å². The lowest BCUT2D eigenvalue weighted by Gasteiger charge is -2.31. The largest absolute Gasteiger partial charge is 0.443 e. The van der Waals surface area contributed by atoms with E-state index in [1.165, 1.54) is 9.13 Å². The number of likely N-dealkylation sites (tertiary alicyclic amines) is 2. The maximum Gasteiger partial charge on any atom is 0.419 e. The zero-order chi connectivity index (χ0) is 49.4. The summed E-state index contributed by atoms with van der Waals surface area (Å²) in [6, 6.07) is 15.0. The first-order valence-electron chi connectivity index (χ1n) is 24.1. The predicted molar refractivity (Wildman–Crippen MR) is 270 cm³/mol. The van der Waals surface area contributed by atoms with Crippen molar-refractivity contribution >= 4 is 70.5 Å². The van der Waals surface area contributed by atoms with Crippen molar-refractivity contribution in [2.45, 2.75) is 129 Å². The van der Waals surface area contributed by atoms with Gasteiger partial charge in [-0.3, -0.25) is 38.0 Å². The summed E-state index contributed by atoms with van der Waals surface area (Å²) < 4.78 is 18.3. The van der Waals surface area contributed by atoms with E-state index in [9.17, 15) is 24.0 Å². The number of aromatic nitrogens is 6. The number of piperidine rings is 1. The molecule has 69 heavy (non-hydrogen) atoms. The zero-order valence-corrected chi connectivity index (χ0v) is 42.5. The Kier molecular flexibility index (Phi) is 14.2. The molecule has 1 unspecified atom stereocenters. The number of unbranched alkanes of at least 4 members (excludes halogenated alkanes) is 3. The summed E-state index contributed by atoms with van der Waals surface area (Å²) >= 11 is 0. The van der Waals surface area contributed by atoms with Crippen LogP contribution in [-0.4, -0.2) is 103 Å². The molecule has 0 saturated carbocycles. The van der Waals surface area contributed by atoms with Crippen molar-refractivity contribution in [3.05, 3.63) is 87.7 Å². The van der Waals surface area contributed by atoms with Gasteiger partial charge in [0.2, 0.25) is 5.91 Å². The van der Waals surface area contributed by atoms with Crippen LogP contribution in [0.5, 0.6) is 0 Å². The average molecular weight is 956 g/mol. The van der Waals surface area contributed by atoms with E-state index in [0.29, 0.717) is 53.1 Å². The van der Waals surface area contributed by atoms with E-state index in [-0.39, 0.29) is 43.1 Å². The Hall–Kier alpha value is -6.35. The van der Waals surface area contributed by atoms with Crippen LogP contribution in [0.2, 0.25) is 25.7 Å². The minimum absolute atomic E-state index is 0.0581. The van der Waals surface area contributed by atoms with Crippen LogP contribution in [-0.2, 0) is 32.7 Å². The number of amides is 3. The topological polar surface area (TPSA) is 168 Å². The Morgan fingerprint density at radius 1 is 0.942 bits per heavy atom. The second-order valence-corrected chi connectivity index (χ2v) is 26.3. The van der Waals surface area contributed by atoms with E-state index in [4.69, 9.17) is 14.6 Å². The van der Waals surface area contributed by atoms with Crippen molar-refractivity contribution in [1.29, 1.82) is 0 Å². The molecule has 0 aliphatic carbocycles. The predicted octanol–water partition coefficient (Wildman–Crippen LogP) is 8.76. The lowest BCUT2D eigenvalue weighted by Crippen LogP contribution is -2.48. The number of fused-ring (bicyclic) bond motifs is 3. The first kappa shape index (κ1) is 49.1. The van der Waals surface area contributed by atoms with E-state index in [2.05, 4.69) is 53.7 Å². The monoisotopic (exact) mass is 955 g/mol. The van der Waals surface area contributed by atoms with Crippen molar-refractivity contribution in [1.82, 2.24) is 38.3 Å². The molecule has 4 aromatic heterocycles. The molecule has 16 nitrogen and oxygen atoms in total. The lowest BCUT2D eigenvalue weighted by atomic mass is 10.0. The minimum Gasteiger partial charge on any atom is -0.443 e. The van der Waals surface area contributed by atoms with Gasteiger partial charge in [0.25, 0.3) is 11.8 Å². The highest BCUT2D eigenvalue weighted by Crippen LogP contribution is 2.36. The molecule has 17 heteroatoms. The van der Waals surface area contributed by atoms with Gasteiger partial charge in [0.1, 0.15) is 24.2 Å². The molecule has 2 atom stereocenters. The van der Waals surface area contributed by atoms with Crippen LogP contribution < -0.4 is 11.0 Å². The maximum atomic E-state index is 13.8. The van der Waals surface area contributed by atoms with E-state index >= 15 is 0 Å². The van der Waals surface area contributed by atoms with Crippen LogP contribution in [0.4, 0.5) is 10.6 Å². The van der Waals surface area contributed by atoms with Crippen LogP contribution in [0.25, 0.3) is 32.8 Å². The van der Waals surface area contributed by atoms with Gasteiger partial charge in [0.05, 0.1) is 39.4 Å². The highest BCUT2D eigenvalue weighted by Gasteiger charge is 2.38. The number of imidazole rings is 1. The molecule has 2 fully saturated rings. The number of imide groups is 1. The fourth-order valence-electron chi connectivity index (χ4n) is 9.45. The third-order valence-corrected chi connectivity index (χ3v) is 14.8. The SMILES string of the molecule is Cc1nn(CCCCCC#Cc2cccc3c2n(C)c(=O)n3C2CCC(=O)N(COCC[Si](C)(C)C)C2=O)c2cc(C(=O)Nc3cc4c(cn3)cc([C@H]3CCCN3C)n4C(=O)OC(C)(C)C)ccc12. The average Bonchev–Trinajstić information content (AvgIpc) is 4.04. The standard InChI is InChI=1S/C52H65N9O7Si/c1-34-38-22-21-36(48(63)54-45-31-42-37(32-53-45)30-44(39-20-16-25-56(39)5)61(42)51(66)68-52(2,3)4)29-43(38)59(55-34)26-14-12-10-11-13-17-35-18-15-19-40-47(35)57(6)50(65)60(40)41-23-24-46(62)58(49(41)64)33-67-27-28-69(7,8)9/h15,18-19,21-22,29-32,39,41H,10-12,14,16,20,23-28,33H2,1-9H3,(H,53,54,63)/t39-,41?/m1/s1. The number of benzene rings is 2. The second-order valence-electron chi connectivity index (χ2n) is 20.7. The van der Waals surface area contributed by atoms with E-state index < -0.39 is 31.7 Å². The number of rotatable bonds is 14. The minimum atomic E-state index is -1.35. The molecule has 2 aliphatic heterocycles. The van der Waals surface area contributed by atoms with Crippen molar-refractivity contribution < 1.29 is 28.7 Å². The number of carbonyl (C=O) groups is 4. The number of aryl methyl sites for hydroxylation is 3. The van der Waals surface area contributed by atoms with Gasteiger partial charge >= 0.3 is 11.8 Å². The highest BCUT2D eigenvalue weighted by atomic mass is 28.3. The van der Waals surface area contributed by atoms with E-state index in [1.54, 1.807) is 29.9 Å². The van der Waals surface area contributed by atoms with Crippen LogP contribution >= 0.6 is 0 Å².